The number of carbonyl (C=O) groups excluding carboxylic acids is 1. The molecule has 162 valence electrons. The molecule has 5 nitrogen and oxygen atoms in total. The fourth-order valence-corrected chi connectivity index (χ4v) is 5.62. The monoisotopic (exact) mass is 428 g/mol. The molecule has 0 aliphatic carbocycles. The van der Waals surface area contributed by atoms with Crippen LogP contribution in [0.2, 0.25) is 0 Å². The summed E-state index contributed by atoms with van der Waals surface area (Å²) in [6.07, 6.45) is 2.95. The minimum absolute atomic E-state index is 0.0207. The smallest absolute Gasteiger partial charge is 0.251 e. The zero-order valence-corrected chi connectivity index (χ0v) is 19.2. The van der Waals surface area contributed by atoms with E-state index in [2.05, 4.69) is 38.2 Å². The second kappa shape index (κ2) is 9.31. The van der Waals surface area contributed by atoms with E-state index in [-0.39, 0.29) is 17.7 Å². The van der Waals surface area contributed by atoms with Crippen LogP contribution in [0.4, 0.5) is 0 Å². The number of hydrogen-bond acceptors (Lipinski definition) is 3. The maximum atomic E-state index is 12.7. The van der Waals surface area contributed by atoms with Crippen molar-refractivity contribution in [2.75, 3.05) is 13.1 Å². The van der Waals surface area contributed by atoms with Crippen molar-refractivity contribution >= 4 is 15.9 Å². The number of carbonyl (C=O) groups is 1. The number of piperidine rings is 1. The summed E-state index contributed by atoms with van der Waals surface area (Å²) in [6, 6.07) is 11.0. The molecule has 2 aromatic rings. The number of sulfonamides is 1. The minimum atomic E-state index is -3.30. The second-order valence-electron chi connectivity index (χ2n) is 8.40. The highest BCUT2D eigenvalue weighted by atomic mass is 32.2. The van der Waals surface area contributed by atoms with Gasteiger partial charge in [-0.1, -0.05) is 30.7 Å². The third-order valence-electron chi connectivity index (χ3n) is 5.97. The van der Waals surface area contributed by atoms with E-state index < -0.39 is 10.0 Å². The van der Waals surface area contributed by atoms with E-state index in [1.54, 1.807) is 28.6 Å². The predicted molar refractivity (Wildman–Crippen MR) is 121 cm³/mol. The summed E-state index contributed by atoms with van der Waals surface area (Å²) in [6.45, 7) is 9.42. The van der Waals surface area contributed by atoms with Crippen LogP contribution < -0.4 is 5.32 Å². The molecule has 1 aliphatic rings. The normalized spacial score (nSPS) is 16.3. The van der Waals surface area contributed by atoms with E-state index in [0.29, 0.717) is 24.2 Å². The zero-order valence-electron chi connectivity index (χ0n) is 18.4. The first-order chi connectivity index (χ1) is 14.2. The molecule has 0 unspecified atom stereocenters. The number of benzene rings is 2. The number of hydrogen-bond donors (Lipinski definition) is 1. The lowest BCUT2D eigenvalue weighted by atomic mass is 9.96. The molecule has 0 bridgehead atoms. The highest BCUT2D eigenvalue weighted by Crippen LogP contribution is 2.22. The van der Waals surface area contributed by atoms with Crippen LogP contribution in [-0.4, -0.2) is 31.7 Å². The van der Waals surface area contributed by atoms with Crippen molar-refractivity contribution in [1.82, 2.24) is 9.62 Å². The maximum absolute atomic E-state index is 12.7. The Kier molecular flexibility index (Phi) is 6.98. The van der Waals surface area contributed by atoms with E-state index in [0.717, 1.165) is 30.4 Å². The topological polar surface area (TPSA) is 66.5 Å². The Morgan fingerprint density at radius 2 is 1.57 bits per heavy atom. The van der Waals surface area contributed by atoms with Gasteiger partial charge in [-0.2, -0.15) is 0 Å². The van der Waals surface area contributed by atoms with E-state index in [9.17, 15) is 13.2 Å². The lowest BCUT2D eigenvalue weighted by Gasteiger charge is -2.25. The van der Waals surface area contributed by atoms with E-state index in [1.807, 2.05) is 6.92 Å². The average molecular weight is 429 g/mol. The summed E-state index contributed by atoms with van der Waals surface area (Å²) in [5.41, 5.74) is 5.94. The zero-order chi connectivity index (χ0) is 21.9. The summed E-state index contributed by atoms with van der Waals surface area (Å²) in [7, 11) is -3.30. The molecule has 6 heteroatoms. The molecule has 30 heavy (non-hydrogen) atoms. The van der Waals surface area contributed by atoms with E-state index >= 15 is 0 Å². The Morgan fingerprint density at radius 1 is 0.967 bits per heavy atom. The van der Waals surface area contributed by atoms with E-state index in [1.165, 1.54) is 11.1 Å². The molecule has 3 rings (SSSR count). The van der Waals surface area contributed by atoms with Gasteiger partial charge in [-0.3, -0.25) is 4.79 Å². The third kappa shape index (κ3) is 5.29. The summed E-state index contributed by atoms with van der Waals surface area (Å²) < 4.78 is 26.8. The largest absolute Gasteiger partial charge is 0.346 e. The Hall–Kier alpha value is -2.18. The van der Waals surface area contributed by atoms with Gasteiger partial charge in [0.25, 0.3) is 5.91 Å². The molecule has 1 N–H and O–H groups in total. The van der Waals surface area contributed by atoms with Crippen LogP contribution in [0.15, 0.2) is 36.4 Å². The number of rotatable bonds is 6. The number of nitrogens with zero attached hydrogens (tertiary/aromatic N) is 1. The summed E-state index contributed by atoms with van der Waals surface area (Å²) in [4.78, 5) is 12.7. The minimum Gasteiger partial charge on any atom is -0.346 e. The average Bonchev–Trinajstić information content (AvgIpc) is 2.71. The Labute approximate surface area is 180 Å². The van der Waals surface area contributed by atoms with Crippen molar-refractivity contribution in [2.24, 2.45) is 0 Å². The Morgan fingerprint density at radius 3 is 2.20 bits per heavy atom. The molecule has 0 aromatic heterocycles. The van der Waals surface area contributed by atoms with Gasteiger partial charge in [0.2, 0.25) is 10.0 Å². The van der Waals surface area contributed by atoms with Gasteiger partial charge in [-0.25, -0.2) is 12.7 Å². The standard InChI is InChI=1S/C24H32N2O3S/c1-17-14-19(3)23(15-18(17)2)20(4)25-24(27)22-10-8-21(9-11-22)16-30(28,29)26-12-6-5-7-13-26/h8-11,14-15,20H,5-7,12-13,16H2,1-4H3,(H,25,27)/t20-/m0/s1. The summed E-state index contributed by atoms with van der Waals surface area (Å²) >= 11 is 0. The van der Waals surface area contributed by atoms with Crippen molar-refractivity contribution in [1.29, 1.82) is 0 Å². The quantitative estimate of drug-likeness (QED) is 0.741. The van der Waals surface area contributed by atoms with Gasteiger partial charge in [-0.05, 0) is 80.5 Å². The molecular weight excluding hydrogens is 396 g/mol. The van der Waals surface area contributed by atoms with Crippen molar-refractivity contribution in [3.8, 4) is 0 Å². The molecule has 1 saturated heterocycles. The van der Waals surface area contributed by atoms with Gasteiger partial charge >= 0.3 is 0 Å². The molecule has 0 radical (unpaired) electrons. The van der Waals surface area contributed by atoms with Crippen molar-refractivity contribution in [3.05, 3.63) is 69.8 Å². The molecule has 1 amide bonds. The Bertz CT molecular complexity index is 1010. The van der Waals surface area contributed by atoms with Crippen molar-refractivity contribution in [3.63, 3.8) is 0 Å². The number of amides is 1. The van der Waals surface area contributed by atoms with Crippen LogP contribution in [0.25, 0.3) is 0 Å². The van der Waals surface area contributed by atoms with Crippen LogP contribution in [0.3, 0.4) is 0 Å². The molecule has 2 aromatic carbocycles. The van der Waals surface area contributed by atoms with Crippen LogP contribution in [0.5, 0.6) is 0 Å². The first kappa shape index (κ1) is 22.5. The van der Waals surface area contributed by atoms with Crippen molar-refractivity contribution in [2.45, 2.75) is 58.8 Å². The van der Waals surface area contributed by atoms with Crippen LogP contribution in [0.1, 0.15) is 70.4 Å². The highest BCUT2D eigenvalue weighted by Gasteiger charge is 2.24. The molecule has 0 saturated carbocycles. The number of aryl methyl sites for hydroxylation is 3. The van der Waals surface area contributed by atoms with Crippen LogP contribution >= 0.6 is 0 Å². The van der Waals surface area contributed by atoms with E-state index in [4.69, 9.17) is 0 Å². The second-order valence-corrected chi connectivity index (χ2v) is 10.4. The SMILES string of the molecule is Cc1cc(C)c([C@H](C)NC(=O)c2ccc(CS(=O)(=O)N3CCCCC3)cc2)cc1C. The lowest BCUT2D eigenvalue weighted by molar-refractivity contribution is 0.0940. The number of nitrogens with one attached hydrogen (secondary N) is 1. The maximum Gasteiger partial charge on any atom is 0.251 e. The molecular formula is C24H32N2O3S. The molecule has 1 fully saturated rings. The van der Waals surface area contributed by atoms with Crippen molar-refractivity contribution < 1.29 is 13.2 Å². The predicted octanol–water partition coefficient (Wildman–Crippen LogP) is 4.42. The van der Waals surface area contributed by atoms with Gasteiger partial charge in [0, 0.05) is 18.7 Å². The third-order valence-corrected chi connectivity index (χ3v) is 7.82. The Balaban J connectivity index is 1.65. The van der Waals surface area contributed by atoms with Crippen LogP contribution in [0, 0.1) is 20.8 Å². The summed E-state index contributed by atoms with van der Waals surface area (Å²) in [5.74, 6) is -0.182. The first-order valence-corrected chi connectivity index (χ1v) is 12.2. The van der Waals surface area contributed by atoms with Gasteiger partial charge in [-0.15, -0.1) is 0 Å². The van der Waals surface area contributed by atoms with Gasteiger partial charge in [0.05, 0.1) is 11.8 Å². The lowest BCUT2D eigenvalue weighted by Crippen LogP contribution is -2.36. The fourth-order valence-electron chi connectivity index (χ4n) is 4.00. The van der Waals surface area contributed by atoms with Gasteiger partial charge in [0.15, 0.2) is 0 Å². The molecule has 1 aliphatic heterocycles. The highest BCUT2D eigenvalue weighted by molar-refractivity contribution is 7.88. The summed E-state index contributed by atoms with van der Waals surface area (Å²) in [5, 5.41) is 3.05. The molecule has 0 spiro atoms. The molecule has 1 atom stereocenters. The van der Waals surface area contributed by atoms with Gasteiger partial charge < -0.3 is 5.32 Å². The van der Waals surface area contributed by atoms with Gasteiger partial charge in [0.1, 0.15) is 0 Å². The molecule has 1 heterocycles. The first-order valence-electron chi connectivity index (χ1n) is 10.6. The van der Waals surface area contributed by atoms with Crippen LogP contribution in [-0.2, 0) is 15.8 Å². The fraction of sp³-hybridized carbons (Fsp3) is 0.458.